The van der Waals surface area contributed by atoms with Crippen LogP contribution in [-0.2, 0) is 16.1 Å². The Kier molecular flexibility index (Phi) is 5.87. The van der Waals surface area contributed by atoms with Crippen LogP contribution < -0.4 is 10.6 Å². The number of amides is 2. The molecule has 23 heavy (non-hydrogen) atoms. The monoisotopic (exact) mass is 320 g/mol. The summed E-state index contributed by atoms with van der Waals surface area (Å²) in [4.78, 5) is 23.2. The molecule has 1 atom stereocenters. The van der Waals surface area contributed by atoms with Crippen LogP contribution in [0.1, 0.15) is 23.8 Å². The van der Waals surface area contributed by atoms with Gasteiger partial charge in [-0.05, 0) is 29.8 Å². The first-order valence-electron chi connectivity index (χ1n) is 7.04. The average molecular weight is 320 g/mol. The lowest BCUT2D eigenvalue weighted by Gasteiger charge is -2.11. The highest BCUT2D eigenvalue weighted by molar-refractivity contribution is 5.84. The number of furan rings is 1. The van der Waals surface area contributed by atoms with Crippen molar-refractivity contribution in [2.75, 3.05) is 6.54 Å². The molecule has 2 aromatic rings. The molecule has 6 nitrogen and oxygen atoms in total. The van der Waals surface area contributed by atoms with Gasteiger partial charge < -0.3 is 20.2 Å². The van der Waals surface area contributed by atoms with Gasteiger partial charge >= 0.3 is 0 Å². The number of carbonyl (C=O) groups excluding carboxylic acids is 2. The molecule has 3 N–H and O–H groups in total. The molecule has 1 unspecified atom stereocenters. The highest BCUT2D eigenvalue weighted by atomic mass is 19.1. The van der Waals surface area contributed by atoms with Crippen LogP contribution in [0.5, 0.6) is 0 Å². The molecule has 122 valence electrons. The van der Waals surface area contributed by atoms with Gasteiger partial charge in [0.1, 0.15) is 11.6 Å². The van der Waals surface area contributed by atoms with Gasteiger partial charge in [-0.2, -0.15) is 0 Å². The van der Waals surface area contributed by atoms with Crippen molar-refractivity contribution in [3.63, 3.8) is 0 Å². The Morgan fingerprint density at radius 1 is 1.17 bits per heavy atom. The smallest absolute Gasteiger partial charge is 0.239 e. The fourth-order valence-corrected chi connectivity index (χ4v) is 1.92. The Balaban J connectivity index is 1.71. The fourth-order valence-electron chi connectivity index (χ4n) is 1.92. The number of rotatable bonds is 7. The van der Waals surface area contributed by atoms with Crippen LogP contribution in [0.25, 0.3) is 0 Å². The highest BCUT2D eigenvalue weighted by Crippen LogP contribution is 2.17. The second-order valence-corrected chi connectivity index (χ2v) is 4.91. The lowest BCUT2D eigenvalue weighted by atomic mass is 10.1. The molecule has 0 spiro atoms. The van der Waals surface area contributed by atoms with E-state index in [1.54, 1.807) is 12.1 Å². The van der Waals surface area contributed by atoms with Gasteiger partial charge in [0.25, 0.3) is 0 Å². The van der Waals surface area contributed by atoms with E-state index in [-0.39, 0.29) is 25.4 Å². The summed E-state index contributed by atoms with van der Waals surface area (Å²) < 4.78 is 18.1. The summed E-state index contributed by atoms with van der Waals surface area (Å²) in [5.74, 6) is -0.768. The van der Waals surface area contributed by atoms with Crippen molar-refractivity contribution < 1.29 is 23.5 Å². The average Bonchev–Trinajstić information content (AvgIpc) is 3.04. The maximum Gasteiger partial charge on any atom is 0.239 e. The van der Waals surface area contributed by atoms with E-state index < -0.39 is 17.8 Å². The Bertz CT molecular complexity index is 658. The number of aliphatic hydroxyl groups is 1. The summed E-state index contributed by atoms with van der Waals surface area (Å²) in [6.45, 7) is 0.0169. The normalized spacial score (nSPS) is 11.7. The van der Waals surface area contributed by atoms with Crippen LogP contribution in [0, 0.1) is 5.82 Å². The standard InChI is InChI=1S/C16H17FN2O4/c17-12-4-1-3-11(7-12)14(20)8-15(21)19-10-16(22)18-9-13-5-2-6-23-13/h1-7,14,20H,8-10H2,(H,18,22)(H,19,21). The molecular formula is C16H17FN2O4. The van der Waals surface area contributed by atoms with Crippen LogP contribution in [0.2, 0.25) is 0 Å². The van der Waals surface area contributed by atoms with Crippen LogP contribution in [0.4, 0.5) is 4.39 Å². The Morgan fingerprint density at radius 2 is 2.00 bits per heavy atom. The zero-order chi connectivity index (χ0) is 16.7. The molecule has 0 fully saturated rings. The molecule has 0 radical (unpaired) electrons. The largest absolute Gasteiger partial charge is 0.467 e. The minimum absolute atomic E-state index is 0.213. The van der Waals surface area contributed by atoms with E-state index in [9.17, 15) is 19.1 Å². The third-order valence-corrected chi connectivity index (χ3v) is 3.10. The number of aliphatic hydroxyl groups excluding tert-OH is 1. The summed E-state index contributed by atoms with van der Waals surface area (Å²) in [6, 6.07) is 8.81. The lowest BCUT2D eigenvalue weighted by Crippen LogP contribution is -2.37. The van der Waals surface area contributed by atoms with Gasteiger partial charge in [0.15, 0.2) is 0 Å². The van der Waals surface area contributed by atoms with Crippen molar-refractivity contribution in [1.29, 1.82) is 0 Å². The molecule has 7 heteroatoms. The predicted octanol–water partition coefficient (Wildman–Crippen LogP) is 1.27. The molecule has 0 aliphatic carbocycles. The van der Waals surface area contributed by atoms with Crippen molar-refractivity contribution in [2.45, 2.75) is 19.1 Å². The molecular weight excluding hydrogens is 303 g/mol. The number of halogens is 1. The predicted molar refractivity (Wildman–Crippen MR) is 79.5 cm³/mol. The molecule has 0 saturated heterocycles. The van der Waals surface area contributed by atoms with Gasteiger partial charge in [0.05, 0.1) is 31.9 Å². The SMILES string of the molecule is O=C(CNC(=O)CC(O)c1cccc(F)c1)NCc1ccco1. The minimum Gasteiger partial charge on any atom is -0.467 e. The van der Waals surface area contributed by atoms with E-state index in [4.69, 9.17) is 4.42 Å². The second kappa shape index (κ2) is 8.09. The summed E-state index contributed by atoms with van der Waals surface area (Å²) in [7, 11) is 0. The van der Waals surface area contributed by atoms with Crippen LogP contribution >= 0.6 is 0 Å². The van der Waals surface area contributed by atoms with Crippen molar-refractivity contribution in [2.24, 2.45) is 0 Å². The van der Waals surface area contributed by atoms with Gasteiger partial charge in [-0.25, -0.2) is 4.39 Å². The first-order valence-corrected chi connectivity index (χ1v) is 7.04. The first kappa shape index (κ1) is 16.7. The van der Waals surface area contributed by atoms with Crippen LogP contribution in [0.15, 0.2) is 47.1 Å². The van der Waals surface area contributed by atoms with E-state index in [0.717, 1.165) is 6.07 Å². The van der Waals surface area contributed by atoms with E-state index in [1.165, 1.54) is 24.5 Å². The zero-order valence-electron chi connectivity index (χ0n) is 12.3. The number of carbonyl (C=O) groups is 2. The van der Waals surface area contributed by atoms with Gasteiger partial charge in [-0.1, -0.05) is 12.1 Å². The molecule has 0 aliphatic rings. The third-order valence-electron chi connectivity index (χ3n) is 3.10. The quantitative estimate of drug-likeness (QED) is 0.716. The number of nitrogens with one attached hydrogen (secondary N) is 2. The molecule has 2 rings (SSSR count). The van der Waals surface area contributed by atoms with Crippen molar-refractivity contribution in [3.05, 3.63) is 59.8 Å². The first-order chi connectivity index (χ1) is 11.0. The van der Waals surface area contributed by atoms with E-state index >= 15 is 0 Å². The maximum atomic E-state index is 13.0. The van der Waals surface area contributed by atoms with Crippen molar-refractivity contribution in [1.82, 2.24) is 10.6 Å². The number of benzene rings is 1. The fraction of sp³-hybridized carbons (Fsp3) is 0.250. The van der Waals surface area contributed by atoms with Gasteiger partial charge in [0.2, 0.25) is 11.8 Å². The van der Waals surface area contributed by atoms with Crippen molar-refractivity contribution in [3.8, 4) is 0 Å². The Morgan fingerprint density at radius 3 is 2.70 bits per heavy atom. The molecule has 1 heterocycles. The van der Waals surface area contributed by atoms with Crippen LogP contribution in [-0.4, -0.2) is 23.5 Å². The van der Waals surface area contributed by atoms with Gasteiger partial charge in [0, 0.05) is 0 Å². The topological polar surface area (TPSA) is 91.6 Å². The summed E-state index contributed by atoms with van der Waals surface area (Å²) in [6.07, 6.45) is 0.114. The zero-order valence-corrected chi connectivity index (χ0v) is 12.3. The molecule has 0 saturated carbocycles. The maximum absolute atomic E-state index is 13.0. The lowest BCUT2D eigenvalue weighted by molar-refractivity contribution is -0.127. The Labute approximate surface area is 132 Å². The Hall–Kier alpha value is -2.67. The van der Waals surface area contributed by atoms with E-state index in [0.29, 0.717) is 11.3 Å². The minimum atomic E-state index is -1.13. The van der Waals surface area contributed by atoms with E-state index in [2.05, 4.69) is 10.6 Å². The highest BCUT2D eigenvalue weighted by Gasteiger charge is 2.14. The van der Waals surface area contributed by atoms with Gasteiger partial charge in [-0.3, -0.25) is 9.59 Å². The molecule has 1 aromatic heterocycles. The van der Waals surface area contributed by atoms with Crippen molar-refractivity contribution >= 4 is 11.8 Å². The van der Waals surface area contributed by atoms with Gasteiger partial charge in [-0.15, -0.1) is 0 Å². The second-order valence-electron chi connectivity index (χ2n) is 4.91. The molecule has 0 bridgehead atoms. The summed E-state index contributed by atoms with van der Waals surface area (Å²) in [5.41, 5.74) is 0.308. The molecule has 1 aromatic carbocycles. The summed E-state index contributed by atoms with van der Waals surface area (Å²) in [5, 5.41) is 14.8. The van der Waals surface area contributed by atoms with E-state index in [1.807, 2.05) is 0 Å². The molecule has 0 aliphatic heterocycles. The number of hydrogen-bond donors (Lipinski definition) is 3. The third kappa shape index (κ3) is 5.55. The molecule has 2 amide bonds. The number of hydrogen-bond acceptors (Lipinski definition) is 4. The summed E-state index contributed by atoms with van der Waals surface area (Å²) >= 11 is 0. The van der Waals surface area contributed by atoms with Crippen LogP contribution in [0.3, 0.4) is 0 Å².